The van der Waals surface area contributed by atoms with Gasteiger partial charge in [0.05, 0.1) is 17.2 Å². The third-order valence-corrected chi connectivity index (χ3v) is 3.07. The summed E-state index contributed by atoms with van der Waals surface area (Å²) in [5, 5.41) is 15.0. The Morgan fingerprint density at radius 2 is 2.05 bits per heavy atom. The second-order valence-electron chi connectivity index (χ2n) is 4.38. The SMILES string of the molecule is COCCc1nn(C)c(N)c1-c1ccc([N+](=O)[O-])cc1. The highest BCUT2D eigenvalue weighted by Gasteiger charge is 2.16. The van der Waals surface area contributed by atoms with E-state index in [9.17, 15) is 10.1 Å². The second-order valence-corrected chi connectivity index (χ2v) is 4.38. The number of nitrogens with two attached hydrogens (primary N) is 1. The normalized spacial score (nSPS) is 10.7. The monoisotopic (exact) mass is 276 g/mol. The van der Waals surface area contributed by atoms with Crippen LogP contribution in [0.3, 0.4) is 0 Å². The topological polar surface area (TPSA) is 96.2 Å². The Balaban J connectivity index is 2.42. The van der Waals surface area contributed by atoms with E-state index < -0.39 is 4.92 Å². The number of ether oxygens (including phenoxy) is 1. The molecule has 0 bridgehead atoms. The van der Waals surface area contributed by atoms with Gasteiger partial charge in [0.25, 0.3) is 5.69 Å². The minimum atomic E-state index is -0.428. The van der Waals surface area contributed by atoms with E-state index in [0.29, 0.717) is 18.8 Å². The van der Waals surface area contributed by atoms with Crippen LogP contribution in [0, 0.1) is 10.1 Å². The van der Waals surface area contributed by atoms with Crippen LogP contribution in [0.15, 0.2) is 24.3 Å². The fraction of sp³-hybridized carbons (Fsp3) is 0.308. The molecule has 2 aromatic rings. The lowest BCUT2D eigenvalue weighted by molar-refractivity contribution is -0.384. The maximum absolute atomic E-state index is 10.7. The van der Waals surface area contributed by atoms with Gasteiger partial charge >= 0.3 is 0 Å². The maximum atomic E-state index is 10.7. The van der Waals surface area contributed by atoms with Crippen molar-refractivity contribution >= 4 is 11.5 Å². The van der Waals surface area contributed by atoms with E-state index in [1.54, 1.807) is 31.0 Å². The predicted octanol–water partition coefficient (Wildman–Crippen LogP) is 1.77. The number of aryl methyl sites for hydroxylation is 1. The standard InChI is InChI=1S/C13H16N4O3/c1-16-13(14)12(11(15-16)7-8-20-2)9-3-5-10(6-4-9)17(18)19/h3-6H,7-8,14H2,1-2H3. The summed E-state index contributed by atoms with van der Waals surface area (Å²) < 4.78 is 6.66. The molecule has 1 heterocycles. The van der Waals surface area contributed by atoms with Crippen LogP contribution in [0.1, 0.15) is 5.69 Å². The molecule has 0 aliphatic rings. The highest BCUT2D eigenvalue weighted by atomic mass is 16.6. The smallest absolute Gasteiger partial charge is 0.269 e. The number of non-ortho nitro benzene ring substituents is 1. The van der Waals surface area contributed by atoms with Crippen LogP contribution in [0.5, 0.6) is 0 Å². The van der Waals surface area contributed by atoms with Gasteiger partial charge in [-0.05, 0) is 17.7 Å². The first kappa shape index (κ1) is 14.0. The van der Waals surface area contributed by atoms with Crippen molar-refractivity contribution in [1.82, 2.24) is 9.78 Å². The van der Waals surface area contributed by atoms with Crippen molar-refractivity contribution in [3.05, 3.63) is 40.1 Å². The number of aromatic nitrogens is 2. The molecule has 106 valence electrons. The van der Waals surface area contributed by atoms with Gasteiger partial charge in [0.1, 0.15) is 5.82 Å². The van der Waals surface area contributed by atoms with Gasteiger partial charge < -0.3 is 10.5 Å². The summed E-state index contributed by atoms with van der Waals surface area (Å²) in [5.74, 6) is 0.532. The van der Waals surface area contributed by atoms with Gasteiger partial charge in [0.2, 0.25) is 0 Å². The van der Waals surface area contributed by atoms with Gasteiger partial charge in [-0.15, -0.1) is 0 Å². The summed E-state index contributed by atoms with van der Waals surface area (Å²) in [6.45, 7) is 0.538. The number of benzene rings is 1. The highest BCUT2D eigenvalue weighted by molar-refractivity contribution is 5.77. The van der Waals surface area contributed by atoms with Crippen LogP contribution in [0.25, 0.3) is 11.1 Å². The fourth-order valence-electron chi connectivity index (χ4n) is 2.03. The van der Waals surface area contributed by atoms with Gasteiger partial charge in [-0.3, -0.25) is 14.8 Å². The third-order valence-electron chi connectivity index (χ3n) is 3.07. The van der Waals surface area contributed by atoms with Crippen molar-refractivity contribution in [2.45, 2.75) is 6.42 Å². The number of hydrogen-bond donors (Lipinski definition) is 1. The summed E-state index contributed by atoms with van der Waals surface area (Å²) in [4.78, 5) is 10.2. The van der Waals surface area contributed by atoms with Crippen molar-refractivity contribution in [3.63, 3.8) is 0 Å². The lowest BCUT2D eigenvalue weighted by Crippen LogP contribution is -1.98. The summed E-state index contributed by atoms with van der Waals surface area (Å²) >= 11 is 0. The largest absolute Gasteiger partial charge is 0.384 e. The Bertz CT molecular complexity index is 619. The van der Waals surface area contributed by atoms with E-state index in [4.69, 9.17) is 10.5 Å². The minimum absolute atomic E-state index is 0.0506. The lowest BCUT2D eigenvalue weighted by Gasteiger charge is -2.04. The van der Waals surface area contributed by atoms with E-state index in [0.717, 1.165) is 16.8 Å². The van der Waals surface area contributed by atoms with Gasteiger partial charge in [-0.2, -0.15) is 5.10 Å². The molecule has 7 heteroatoms. The number of nitro groups is 1. The third kappa shape index (κ3) is 2.62. The molecule has 7 nitrogen and oxygen atoms in total. The summed E-state index contributed by atoms with van der Waals surface area (Å²) in [5.41, 5.74) is 8.52. The van der Waals surface area contributed by atoms with Crippen molar-refractivity contribution in [3.8, 4) is 11.1 Å². The number of methoxy groups -OCH3 is 1. The Morgan fingerprint density at radius 1 is 1.40 bits per heavy atom. The number of rotatable bonds is 5. The average molecular weight is 276 g/mol. The van der Waals surface area contributed by atoms with Crippen LogP contribution >= 0.6 is 0 Å². The molecule has 0 radical (unpaired) electrons. The zero-order valence-corrected chi connectivity index (χ0v) is 11.4. The first-order chi connectivity index (χ1) is 9.54. The molecule has 0 spiro atoms. The van der Waals surface area contributed by atoms with Crippen molar-refractivity contribution in [2.24, 2.45) is 7.05 Å². The Morgan fingerprint density at radius 3 is 2.60 bits per heavy atom. The van der Waals surface area contributed by atoms with Crippen LogP contribution in [0.2, 0.25) is 0 Å². The molecule has 0 atom stereocenters. The van der Waals surface area contributed by atoms with E-state index in [2.05, 4.69) is 5.10 Å². The molecule has 0 saturated carbocycles. The van der Waals surface area contributed by atoms with E-state index in [1.807, 2.05) is 0 Å². The molecule has 2 N–H and O–H groups in total. The molecule has 1 aromatic carbocycles. The van der Waals surface area contributed by atoms with Crippen LogP contribution in [-0.2, 0) is 18.2 Å². The number of nitrogens with zero attached hydrogens (tertiary/aromatic N) is 3. The van der Waals surface area contributed by atoms with E-state index in [-0.39, 0.29) is 5.69 Å². The molecule has 0 aliphatic heterocycles. The number of anilines is 1. The number of hydrogen-bond acceptors (Lipinski definition) is 5. The average Bonchev–Trinajstić information content (AvgIpc) is 2.72. The summed E-state index contributed by atoms with van der Waals surface area (Å²) in [7, 11) is 3.39. The van der Waals surface area contributed by atoms with Crippen LogP contribution in [0.4, 0.5) is 11.5 Å². The molecular formula is C13H16N4O3. The summed E-state index contributed by atoms with van der Waals surface area (Å²) in [6.07, 6.45) is 0.633. The molecular weight excluding hydrogens is 260 g/mol. The lowest BCUT2D eigenvalue weighted by atomic mass is 10.0. The molecule has 20 heavy (non-hydrogen) atoms. The van der Waals surface area contributed by atoms with E-state index >= 15 is 0 Å². The second kappa shape index (κ2) is 5.70. The maximum Gasteiger partial charge on any atom is 0.269 e. The zero-order chi connectivity index (χ0) is 14.7. The molecule has 0 amide bonds. The Kier molecular flexibility index (Phi) is 3.99. The van der Waals surface area contributed by atoms with Crippen LogP contribution < -0.4 is 5.73 Å². The first-order valence-corrected chi connectivity index (χ1v) is 6.09. The first-order valence-electron chi connectivity index (χ1n) is 6.09. The number of nitrogen functional groups attached to an aromatic ring is 1. The Hall–Kier alpha value is -2.41. The Labute approximate surface area is 116 Å². The quantitative estimate of drug-likeness (QED) is 0.663. The fourth-order valence-corrected chi connectivity index (χ4v) is 2.03. The van der Waals surface area contributed by atoms with Crippen molar-refractivity contribution in [2.75, 3.05) is 19.5 Å². The zero-order valence-electron chi connectivity index (χ0n) is 11.4. The van der Waals surface area contributed by atoms with Crippen molar-refractivity contribution in [1.29, 1.82) is 0 Å². The van der Waals surface area contributed by atoms with Gasteiger partial charge in [0.15, 0.2) is 0 Å². The van der Waals surface area contributed by atoms with Crippen LogP contribution in [-0.4, -0.2) is 28.4 Å². The number of nitro benzene ring substituents is 1. The minimum Gasteiger partial charge on any atom is -0.384 e. The predicted molar refractivity (Wildman–Crippen MR) is 75.3 cm³/mol. The van der Waals surface area contributed by atoms with Gasteiger partial charge in [0, 0.05) is 38.3 Å². The highest BCUT2D eigenvalue weighted by Crippen LogP contribution is 2.30. The van der Waals surface area contributed by atoms with Gasteiger partial charge in [-0.1, -0.05) is 0 Å². The van der Waals surface area contributed by atoms with E-state index in [1.165, 1.54) is 12.1 Å². The summed E-state index contributed by atoms with van der Waals surface area (Å²) in [6, 6.07) is 6.29. The van der Waals surface area contributed by atoms with Gasteiger partial charge in [-0.25, -0.2) is 0 Å². The molecule has 0 aliphatic carbocycles. The molecule has 0 unspecified atom stereocenters. The molecule has 0 saturated heterocycles. The van der Waals surface area contributed by atoms with Crippen molar-refractivity contribution < 1.29 is 9.66 Å². The molecule has 0 fully saturated rings. The molecule has 1 aromatic heterocycles. The molecule has 2 rings (SSSR count).